The van der Waals surface area contributed by atoms with Gasteiger partial charge in [-0.05, 0) is 25.3 Å². The van der Waals surface area contributed by atoms with Gasteiger partial charge in [0.15, 0.2) is 0 Å². The molecule has 0 radical (unpaired) electrons. The summed E-state index contributed by atoms with van der Waals surface area (Å²) in [4.78, 5) is 19.1. The van der Waals surface area contributed by atoms with Crippen molar-refractivity contribution in [2.24, 2.45) is 0 Å². The van der Waals surface area contributed by atoms with Crippen molar-refractivity contribution in [3.63, 3.8) is 0 Å². The van der Waals surface area contributed by atoms with E-state index < -0.39 is 0 Å². The van der Waals surface area contributed by atoms with Gasteiger partial charge >= 0.3 is 0 Å². The van der Waals surface area contributed by atoms with Crippen LogP contribution in [-0.4, -0.2) is 16.5 Å². The van der Waals surface area contributed by atoms with Gasteiger partial charge in [0.1, 0.15) is 5.82 Å². The van der Waals surface area contributed by atoms with Crippen LogP contribution in [0, 0.1) is 0 Å². The van der Waals surface area contributed by atoms with Crippen molar-refractivity contribution in [3.05, 3.63) is 27.9 Å². The topological polar surface area (TPSA) is 57.8 Å². The maximum absolute atomic E-state index is 11.6. The van der Waals surface area contributed by atoms with Crippen LogP contribution in [0.5, 0.6) is 0 Å². The number of aromatic amines is 1. The second kappa shape index (κ2) is 5.45. The second-order valence-corrected chi connectivity index (χ2v) is 5.07. The predicted molar refractivity (Wildman–Crippen MR) is 68.2 cm³/mol. The predicted octanol–water partition coefficient (Wildman–Crippen LogP) is 2.10. The quantitative estimate of drug-likeness (QED) is 0.825. The first kappa shape index (κ1) is 12.3. The summed E-state index contributed by atoms with van der Waals surface area (Å²) in [5.41, 5.74) is 0.847. The van der Waals surface area contributed by atoms with Crippen LogP contribution in [0.2, 0.25) is 0 Å². The Hall–Kier alpha value is -1.16. The molecule has 0 saturated carbocycles. The largest absolute Gasteiger partial charge is 0.309 e. The molecule has 1 fully saturated rings. The molecule has 94 valence electrons. The summed E-state index contributed by atoms with van der Waals surface area (Å²) in [7, 11) is 0. The molecule has 1 aliphatic rings. The van der Waals surface area contributed by atoms with Gasteiger partial charge in [0.2, 0.25) is 0 Å². The highest BCUT2D eigenvalue weighted by Crippen LogP contribution is 2.20. The molecule has 0 aromatic carbocycles. The average molecular weight is 235 g/mol. The van der Waals surface area contributed by atoms with Gasteiger partial charge in [-0.15, -0.1) is 0 Å². The summed E-state index contributed by atoms with van der Waals surface area (Å²) in [5, 5.41) is 3.46. The van der Waals surface area contributed by atoms with E-state index in [4.69, 9.17) is 0 Å². The Balaban J connectivity index is 2.27. The lowest BCUT2D eigenvalue weighted by Crippen LogP contribution is -2.25. The van der Waals surface area contributed by atoms with Gasteiger partial charge in [-0.2, -0.15) is 0 Å². The lowest BCUT2D eigenvalue weighted by Gasteiger charge is -2.16. The molecule has 2 rings (SSSR count). The number of rotatable bonds is 2. The summed E-state index contributed by atoms with van der Waals surface area (Å²) in [6.45, 7) is 5.14. The minimum atomic E-state index is -0.0373. The number of nitrogens with zero attached hydrogens (tertiary/aromatic N) is 1. The molecule has 2 N–H and O–H groups in total. The Morgan fingerprint density at radius 1 is 1.35 bits per heavy atom. The van der Waals surface area contributed by atoms with Crippen molar-refractivity contribution in [3.8, 4) is 0 Å². The van der Waals surface area contributed by atoms with E-state index in [1.165, 1.54) is 19.3 Å². The molecular formula is C13H21N3O. The van der Waals surface area contributed by atoms with Gasteiger partial charge in [0.05, 0.1) is 11.7 Å². The van der Waals surface area contributed by atoms with E-state index in [9.17, 15) is 4.79 Å². The molecule has 17 heavy (non-hydrogen) atoms. The van der Waals surface area contributed by atoms with Crippen molar-refractivity contribution >= 4 is 0 Å². The van der Waals surface area contributed by atoms with Gasteiger partial charge < -0.3 is 10.3 Å². The summed E-state index contributed by atoms with van der Waals surface area (Å²) in [6, 6.07) is 1.81. The summed E-state index contributed by atoms with van der Waals surface area (Å²) >= 11 is 0. The molecule has 0 bridgehead atoms. The number of hydrogen-bond acceptors (Lipinski definition) is 3. The first-order valence-corrected chi connectivity index (χ1v) is 6.51. The fourth-order valence-corrected chi connectivity index (χ4v) is 2.22. The third-order valence-corrected chi connectivity index (χ3v) is 3.26. The lowest BCUT2D eigenvalue weighted by atomic mass is 10.1. The Bertz CT molecular complexity index is 417. The molecule has 1 aromatic heterocycles. The van der Waals surface area contributed by atoms with Crippen LogP contribution in [0.15, 0.2) is 10.9 Å². The molecule has 1 aliphatic heterocycles. The molecule has 4 nitrogen and oxygen atoms in total. The number of aromatic nitrogens is 2. The van der Waals surface area contributed by atoms with Crippen LogP contribution >= 0.6 is 0 Å². The van der Waals surface area contributed by atoms with Crippen molar-refractivity contribution in [2.75, 3.05) is 6.54 Å². The molecule has 2 heterocycles. The van der Waals surface area contributed by atoms with Crippen LogP contribution < -0.4 is 10.9 Å². The molecule has 1 aromatic rings. The minimum Gasteiger partial charge on any atom is -0.309 e. The zero-order valence-electron chi connectivity index (χ0n) is 10.6. The van der Waals surface area contributed by atoms with E-state index in [0.717, 1.165) is 24.5 Å². The van der Waals surface area contributed by atoms with Crippen LogP contribution in [0.25, 0.3) is 0 Å². The van der Waals surface area contributed by atoms with Crippen LogP contribution in [0.1, 0.15) is 63.0 Å². The zero-order chi connectivity index (χ0) is 12.3. The molecule has 0 spiro atoms. The first-order valence-electron chi connectivity index (χ1n) is 6.51. The van der Waals surface area contributed by atoms with E-state index in [-0.39, 0.29) is 11.6 Å². The molecule has 0 aliphatic carbocycles. The summed E-state index contributed by atoms with van der Waals surface area (Å²) < 4.78 is 0. The molecular weight excluding hydrogens is 214 g/mol. The summed E-state index contributed by atoms with van der Waals surface area (Å²) in [5.74, 6) is 1.10. The van der Waals surface area contributed by atoms with Gasteiger partial charge in [-0.1, -0.05) is 26.7 Å². The van der Waals surface area contributed by atoms with Gasteiger partial charge in [0, 0.05) is 6.07 Å². The van der Waals surface area contributed by atoms with Crippen LogP contribution in [0.3, 0.4) is 0 Å². The Kier molecular flexibility index (Phi) is 3.94. The first-order chi connectivity index (χ1) is 8.16. The minimum absolute atomic E-state index is 0.0373. The number of H-pyrrole nitrogens is 1. The normalized spacial score (nSPS) is 21.5. The van der Waals surface area contributed by atoms with E-state index in [1.807, 2.05) is 0 Å². The maximum atomic E-state index is 11.6. The maximum Gasteiger partial charge on any atom is 0.251 e. The zero-order valence-corrected chi connectivity index (χ0v) is 10.6. The SMILES string of the molecule is CC(C)c1cc(=O)[nH]c(C2CCCCCN2)n1. The molecule has 4 heteroatoms. The highest BCUT2D eigenvalue weighted by atomic mass is 16.1. The van der Waals surface area contributed by atoms with Crippen molar-refractivity contribution in [1.29, 1.82) is 0 Å². The van der Waals surface area contributed by atoms with E-state index in [2.05, 4.69) is 29.1 Å². The standard InChI is InChI=1S/C13H21N3O/c1-9(2)11-8-12(17)16-13(15-11)10-6-4-3-5-7-14-10/h8-10,14H,3-7H2,1-2H3,(H,15,16,17). The Labute approximate surface area is 102 Å². The van der Waals surface area contributed by atoms with Gasteiger partial charge in [-0.3, -0.25) is 4.79 Å². The average Bonchev–Trinajstić information content (AvgIpc) is 2.56. The van der Waals surface area contributed by atoms with E-state index in [1.54, 1.807) is 6.07 Å². The Morgan fingerprint density at radius 3 is 2.94 bits per heavy atom. The summed E-state index contributed by atoms with van der Waals surface area (Å²) in [6.07, 6.45) is 4.74. The van der Waals surface area contributed by atoms with E-state index >= 15 is 0 Å². The van der Waals surface area contributed by atoms with Crippen LogP contribution in [0.4, 0.5) is 0 Å². The monoisotopic (exact) mass is 235 g/mol. The van der Waals surface area contributed by atoms with E-state index in [0.29, 0.717) is 5.92 Å². The second-order valence-electron chi connectivity index (χ2n) is 5.07. The molecule has 1 unspecified atom stereocenters. The fourth-order valence-electron chi connectivity index (χ4n) is 2.22. The number of nitrogens with one attached hydrogen (secondary N) is 2. The van der Waals surface area contributed by atoms with Gasteiger partial charge in [-0.25, -0.2) is 4.98 Å². The van der Waals surface area contributed by atoms with Crippen LogP contribution in [-0.2, 0) is 0 Å². The lowest BCUT2D eigenvalue weighted by molar-refractivity contribution is 0.502. The Morgan fingerprint density at radius 2 is 2.18 bits per heavy atom. The van der Waals surface area contributed by atoms with Gasteiger partial charge in [0.25, 0.3) is 5.56 Å². The highest BCUT2D eigenvalue weighted by molar-refractivity contribution is 5.09. The molecule has 0 amide bonds. The smallest absolute Gasteiger partial charge is 0.251 e. The molecule has 1 atom stereocenters. The fraction of sp³-hybridized carbons (Fsp3) is 0.692. The third-order valence-electron chi connectivity index (χ3n) is 3.26. The highest BCUT2D eigenvalue weighted by Gasteiger charge is 2.17. The van der Waals surface area contributed by atoms with Crippen molar-refractivity contribution in [2.45, 2.75) is 51.5 Å². The molecule has 1 saturated heterocycles. The third kappa shape index (κ3) is 3.16. The van der Waals surface area contributed by atoms with Crippen molar-refractivity contribution < 1.29 is 0 Å². The van der Waals surface area contributed by atoms with Crippen molar-refractivity contribution in [1.82, 2.24) is 15.3 Å². The number of hydrogen-bond donors (Lipinski definition) is 2.